The minimum absolute atomic E-state index is 0.230. The Morgan fingerprint density at radius 2 is 1.90 bits per heavy atom. The molecule has 2 aromatic rings. The monoisotopic (exact) mass is 287 g/mol. The summed E-state index contributed by atoms with van der Waals surface area (Å²) in [5, 5.41) is 3.28. The number of hydrogen-bond donors (Lipinski definition) is 1. The predicted molar refractivity (Wildman–Crippen MR) is 83.9 cm³/mol. The van der Waals surface area contributed by atoms with E-state index in [1.54, 1.807) is 6.07 Å². The average molecular weight is 287 g/mol. The van der Waals surface area contributed by atoms with Crippen LogP contribution in [0.5, 0.6) is 5.75 Å². The molecule has 0 bridgehead atoms. The quantitative estimate of drug-likeness (QED) is 0.770. The fourth-order valence-corrected chi connectivity index (χ4v) is 2.15. The van der Waals surface area contributed by atoms with Gasteiger partial charge in [-0.2, -0.15) is 0 Å². The third-order valence-corrected chi connectivity index (χ3v) is 3.41. The number of aryl methyl sites for hydroxylation is 1. The molecule has 0 aliphatic heterocycles. The minimum atomic E-state index is -0.230. The lowest BCUT2D eigenvalue weighted by Gasteiger charge is -2.13. The Balaban J connectivity index is 2.06. The first-order valence-corrected chi connectivity index (χ1v) is 7.37. The van der Waals surface area contributed by atoms with Gasteiger partial charge in [-0.15, -0.1) is 0 Å². The van der Waals surface area contributed by atoms with Gasteiger partial charge in [0.2, 0.25) is 0 Å². The Kier molecular flexibility index (Phi) is 5.76. The molecule has 0 aromatic heterocycles. The van der Waals surface area contributed by atoms with Gasteiger partial charge in [-0.05, 0) is 49.2 Å². The van der Waals surface area contributed by atoms with Crippen molar-refractivity contribution in [3.8, 4) is 5.75 Å². The molecule has 0 atom stereocenters. The van der Waals surface area contributed by atoms with Crippen molar-refractivity contribution in [2.24, 2.45) is 0 Å². The largest absolute Gasteiger partial charge is 0.489 e. The highest BCUT2D eigenvalue weighted by Crippen LogP contribution is 2.21. The van der Waals surface area contributed by atoms with Crippen LogP contribution in [0.15, 0.2) is 42.5 Å². The van der Waals surface area contributed by atoms with E-state index in [9.17, 15) is 4.39 Å². The van der Waals surface area contributed by atoms with Crippen molar-refractivity contribution in [2.75, 3.05) is 6.54 Å². The molecular weight excluding hydrogens is 265 g/mol. The number of nitrogens with one attached hydrogen (secondary N) is 1. The predicted octanol–water partition coefficient (Wildman–Crippen LogP) is 4.21. The van der Waals surface area contributed by atoms with Gasteiger partial charge in [-0.1, -0.05) is 31.2 Å². The van der Waals surface area contributed by atoms with Crippen molar-refractivity contribution >= 4 is 0 Å². The molecule has 0 amide bonds. The van der Waals surface area contributed by atoms with Crippen LogP contribution < -0.4 is 10.1 Å². The molecule has 0 fully saturated rings. The molecule has 0 aliphatic rings. The van der Waals surface area contributed by atoms with Gasteiger partial charge >= 0.3 is 0 Å². The molecule has 0 saturated heterocycles. The number of benzene rings is 2. The minimum Gasteiger partial charge on any atom is -0.489 e. The molecule has 112 valence electrons. The normalized spacial score (nSPS) is 10.6. The molecule has 2 rings (SSSR count). The van der Waals surface area contributed by atoms with Gasteiger partial charge < -0.3 is 10.1 Å². The van der Waals surface area contributed by atoms with E-state index in [2.05, 4.69) is 25.2 Å². The molecule has 0 unspecified atom stereocenters. The maximum Gasteiger partial charge on any atom is 0.124 e. The smallest absolute Gasteiger partial charge is 0.124 e. The fraction of sp³-hybridized carbons (Fsp3) is 0.333. The topological polar surface area (TPSA) is 21.3 Å². The third kappa shape index (κ3) is 4.57. The lowest BCUT2D eigenvalue weighted by atomic mass is 10.1. The van der Waals surface area contributed by atoms with E-state index in [1.807, 2.05) is 18.2 Å². The molecule has 0 spiro atoms. The summed E-state index contributed by atoms with van der Waals surface area (Å²) in [7, 11) is 0. The van der Waals surface area contributed by atoms with E-state index in [0.717, 1.165) is 29.8 Å². The zero-order valence-corrected chi connectivity index (χ0v) is 12.7. The highest BCUT2D eigenvalue weighted by Gasteiger charge is 2.06. The SMILES string of the molecule is CCCNCc1cc(F)ccc1OCc1ccccc1C. The van der Waals surface area contributed by atoms with Gasteiger partial charge in [0.15, 0.2) is 0 Å². The van der Waals surface area contributed by atoms with Gasteiger partial charge in [0.05, 0.1) is 0 Å². The fourth-order valence-electron chi connectivity index (χ4n) is 2.15. The van der Waals surface area contributed by atoms with Crippen molar-refractivity contribution in [2.45, 2.75) is 33.4 Å². The summed E-state index contributed by atoms with van der Waals surface area (Å²) in [5.41, 5.74) is 3.21. The molecule has 21 heavy (non-hydrogen) atoms. The molecule has 1 N–H and O–H groups in total. The van der Waals surface area contributed by atoms with Crippen LogP contribution in [0.2, 0.25) is 0 Å². The van der Waals surface area contributed by atoms with Crippen molar-refractivity contribution in [3.63, 3.8) is 0 Å². The Hall–Kier alpha value is -1.87. The summed E-state index contributed by atoms with van der Waals surface area (Å²) in [4.78, 5) is 0. The van der Waals surface area contributed by atoms with E-state index in [0.29, 0.717) is 13.2 Å². The molecule has 0 heterocycles. The summed E-state index contributed by atoms with van der Waals surface area (Å²) in [6.45, 7) is 6.20. The summed E-state index contributed by atoms with van der Waals surface area (Å²) < 4.78 is 19.3. The van der Waals surface area contributed by atoms with Crippen LogP contribution in [-0.2, 0) is 13.2 Å². The van der Waals surface area contributed by atoms with Crippen LogP contribution in [0.25, 0.3) is 0 Å². The second-order valence-corrected chi connectivity index (χ2v) is 5.14. The standard InChI is InChI=1S/C18H22FNO/c1-3-10-20-12-16-11-17(19)8-9-18(16)21-13-15-7-5-4-6-14(15)2/h4-9,11,20H,3,10,12-13H2,1-2H3. The summed E-state index contributed by atoms with van der Waals surface area (Å²) >= 11 is 0. The maximum absolute atomic E-state index is 13.4. The van der Waals surface area contributed by atoms with Gasteiger partial charge in [-0.3, -0.25) is 0 Å². The molecule has 3 heteroatoms. The molecule has 0 radical (unpaired) electrons. The van der Waals surface area contributed by atoms with Crippen LogP contribution in [-0.4, -0.2) is 6.54 Å². The van der Waals surface area contributed by atoms with Crippen molar-refractivity contribution in [1.29, 1.82) is 0 Å². The maximum atomic E-state index is 13.4. The molecular formula is C18H22FNO. The Bertz CT molecular complexity index is 583. The van der Waals surface area contributed by atoms with E-state index in [-0.39, 0.29) is 5.82 Å². The second kappa shape index (κ2) is 7.79. The number of halogens is 1. The Morgan fingerprint density at radius 3 is 2.67 bits per heavy atom. The molecule has 0 saturated carbocycles. The van der Waals surface area contributed by atoms with E-state index in [1.165, 1.54) is 17.7 Å². The first-order valence-electron chi connectivity index (χ1n) is 7.37. The van der Waals surface area contributed by atoms with Crippen molar-refractivity contribution < 1.29 is 9.13 Å². The third-order valence-electron chi connectivity index (χ3n) is 3.41. The molecule has 2 aromatic carbocycles. The molecule has 0 aliphatic carbocycles. The van der Waals surface area contributed by atoms with Gasteiger partial charge in [-0.25, -0.2) is 4.39 Å². The van der Waals surface area contributed by atoms with Crippen LogP contribution in [0.1, 0.15) is 30.0 Å². The lowest BCUT2D eigenvalue weighted by molar-refractivity contribution is 0.301. The average Bonchev–Trinajstić information content (AvgIpc) is 2.48. The number of ether oxygens (including phenoxy) is 1. The van der Waals surface area contributed by atoms with Crippen molar-refractivity contribution in [1.82, 2.24) is 5.32 Å². The van der Waals surface area contributed by atoms with Gasteiger partial charge in [0.25, 0.3) is 0 Å². The zero-order valence-electron chi connectivity index (χ0n) is 12.7. The van der Waals surface area contributed by atoms with E-state index in [4.69, 9.17) is 4.74 Å². The van der Waals surface area contributed by atoms with Gasteiger partial charge in [0.1, 0.15) is 18.2 Å². The van der Waals surface area contributed by atoms with E-state index < -0.39 is 0 Å². The zero-order chi connectivity index (χ0) is 15.1. The Morgan fingerprint density at radius 1 is 1.10 bits per heavy atom. The highest BCUT2D eigenvalue weighted by atomic mass is 19.1. The lowest BCUT2D eigenvalue weighted by Crippen LogP contribution is -2.15. The highest BCUT2D eigenvalue weighted by molar-refractivity contribution is 5.34. The Labute approximate surface area is 126 Å². The van der Waals surface area contributed by atoms with Crippen LogP contribution in [0.3, 0.4) is 0 Å². The first-order chi connectivity index (χ1) is 10.2. The van der Waals surface area contributed by atoms with Gasteiger partial charge in [0, 0.05) is 12.1 Å². The van der Waals surface area contributed by atoms with Crippen LogP contribution in [0, 0.1) is 12.7 Å². The summed E-state index contributed by atoms with van der Waals surface area (Å²) in [6, 6.07) is 12.8. The van der Waals surface area contributed by atoms with E-state index >= 15 is 0 Å². The number of rotatable bonds is 7. The van der Waals surface area contributed by atoms with Crippen LogP contribution >= 0.6 is 0 Å². The van der Waals surface area contributed by atoms with Crippen molar-refractivity contribution in [3.05, 3.63) is 65.0 Å². The van der Waals surface area contributed by atoms with Crippen LogP contribution in [0.4, 0.5) is 4.39 Å². The molecule has 2 nitrogen and oxygen atoms in total. The number of hydrogen-bond acceptors (Lipinski definition) is 2. The summed E-state index contributed by atoms with van der Waals surface area (Å²) in [5.74, 6) is 0.509. The summed E-state index contributed by atoms with van der Waals surface area (Å²) in [6.07, 6.45) is 1.05. The second-order valence-electron chi connectivity index (χ2n) is 5.14. The first kappa shape index (κ1) is 15.5.